The van der Waals surface area contributed by atoms with Crippen molar-refractivity contribution in [1.82, 2.24) is 10.3 Å². The van der Waals surface area contributed by atoms with E-state index in [2.05, 4.69) is 79.4 Å². The quantitative estimate of drug-likeness (QED) is 0.876. The van der Waals surface area contributed by atoms with Gasteiger partial charge in [0.1, 0.15) is 5.82 Å². The Bertz CT molecular complexity index is 580. The topological polar surface area (TPSA) is 28.2 Å². The Hall–Kier alpha value is -1.87. The van der Waals surface area contributed by atoms with E-state index in [0.29, 0.717) is 6.04 Å². The van der Waals surface area contributed by atoms with Crippen molar-refractivity contribution in [3.05, 3.63) is 59.3 Å². The smallest absolute Gasteiger partial charge is 0.128 e. The number of nitrogens with zero attached hydrogens (tertiary/aromatic N) is 2. The molecule has 0 aliphatic heterocycles. The van der Waals surface area contributed by atoms with Crippen LogP contribution in [0.2, 0.25) is 0 Å². The molecule has 1 aromatic carbocycles. The Kier molecular flexibility index (Phi) is 5.34. The molecule has 0 aliphatic carbocycles. The molecule has 2 aromatic rings. The predicted octanol–water partition coefficient (Wildman–Crippen LogP) is 3.70. The summed E-state index contributed by atoms with van der Waals surface area (Å²) in [7, 11) is 2.09. The zero-order valence-corrected chi connectivity index (χ0v) is 13.4. The van der Waals surface area contributed by atoms with Crippen molar-refractivity contribution in [2.24, 2.45) is 0 Å². The van der Waals surface area contributed by atoms with Gasteiger partial charge in [0.05, 0.1) is 0 Å². The summed E-state index contributed by atoms with van der Waals surface area (Å²) in [5, 5.41) is 3.44. The number of nitrogens with one attached hydrogen (secondary N) is 1. The summed E-state index contributed by atoms with van der Waals surface area (Å²) in [6.45, 7) is 8.28. The first-order valence-electron chi connectivity index (χ1n) is 7.56. The third kappa shape index (κ3) is 4.30. The van der Waals surface area contributed by atoms with Crippen LogP contribution >= 0.6 is 0 Å². The number of anilines is 1. The Balaban J connectivity index is 2.12. The molecule has 0 bridgehead atoms. The molecular weight excluding hydrogens is 258 g/mol. The van der Waals surface area contributed by atoms with Gasteiger partial charge in [-0.3, -0.25) is 0 Å². The molecule has 21 heavy (non-hydrogen) atoms. The van der Waals surface area contributed by atoms with Gasteiger partial charge in [-0.2, -0.15) is 0 Å². The number of hydrogen-bond donors (Lipinski definition) is 1. The number of rotatable bonds is 6. The highest BCUT2D eigenvalue weighted by atomic mass is 15.2. The Labute approximate surface area is 128 Å². The molecule has 1 heterocycles. The molecule has 0 saturated heterocycles. The highest BCUT2D eigenvalue weighted by molar-refractivity contribution is 5.42. The lowest BCUT2D eigenvalue weighted by Gasteiger charge is -2.20. The van der Waals surface area contributed by atoms with Gasteiger partial charge in [-0.25, -0.2) is 4.98 Å². The number of aryl methyl sites for hydroxylation is 1. The van der Waals surface area contributed by atoms with Crippen LogP contribution < -0.4 is 10.2 Å². The molecule has 112 valence electrons. The number of aromatic nitrogens is 1. The van der Waals surface area contributed by atoms with Crippen LogP contribution in [0.1, 0.15) is 36.6 Å². The van der Waals surface area contributed by atoms with Gasteiger partial charge in [0, 0.05) is 25.8 Å². The average molecular weight is 283 g/mol. The minimum atomic E-state index is 0.351. The maximum Gasteiger partial charge on any atom is 0.128 e. The highest BCUT2D eigenvalue weighted by Crippen LogP contribution is 2.19. The number of pyridine rings is 1. The second-order valence-corrected chi connectivity index (χ2v) is 5.57. The van der Waals surface area contributed by atoms with Gasteiger partial charge < -0.3 is 10.2 Å². The van der Waals surface area contributed by atoms with E-state index >= 15 is 0 Å². The SMILES string of the molecule is CCNC(C)c1ccnc(N(C)Cc2cccc(C)c2)c1. The van der Waals surface area contributed by atoms with Crippen molar-refractivity contribution >= 4 is 5.82 Å². The molecule has 0 saturated carbocycles. The molecule has 1 N–H and O–H groups in total. The Morgan fingerprint density at radius 2 is 2.05 bits per heavy atom. The molecule has 0 spiro atoms. The molecule has 1 unspecified atom stereocenters. The molecule has 0 fully saturated rings. The summed E-state index contributed by atoms with van der Waals surface area (Å²) in [6, 6.07) is 13.2. The zero-order chi connectivity index (χ0) is 15.2. The van der Waals surface area contributed by atoms with E-state index in [1.807, 2.05) is 6.20 Å². The summed E-state index contributed by atoms with van der Waals surface area (Å²) in [5.74, 6) is 1.01. The third-order valence-electron chi connectivity index (χ3n) is 3.67. The lowest BCUT2D eigenvalue weighted by molar-refractivity contribution is 0.597. The summed E-state index contributed by atoms with van der Waals surface area (Å²) >= 11 is 0. The molecule has 0 aliphatic rings. The molecule has 3 nitrogen and oxygen atoms in total. The van der Waals surface area contributed by atoms with E-state index in [1.165, 1.54) is 16.7 Å². The summed E-state index contributed by atoms with van der Waals surface area (Å²) in [4.78, 5) is 6.69. The third-order valence-corrected chi connectivity index (χ3v) is 3.67. The van der Waals surface area contributed by atoms with E-state index < -0.39 is 0 Å². The molecule has 1 atom stereocenters. The van der Waals surface area contributed by atoms with Crippen LogP contribution in [0, 0.1) is 6.92 Å². The van der Waals surface area contributed by atoms with Gasteiger partial charge >= 0.3 is 0 Å². The Morgan fingerprint density at radius 3 is 2.76 bits per heavy atom. The fourth-order valence-corrected chi connectivity index (χ4v) is 2.50. The van der Waals surface area contributed by atoms with Crippen LogP contribution in [0.5, 0.6) is 0 Å². The zero-order valence-electron chi connectivity index (χ0n) is 13.4. The highest BCUT2D eigenvalue weighted by Gasteiger charge is 2.08. The first kappa shape index (κ1) is 15.5. The summed E-state index contributed by atoms with van der Waals surface area (Å²) in [6.07, 6.45) is 1.89. The van der Waals surface area contributed by atoms with E-state index in [0.717, 1.165) is 18.9 Å². The first-order valence-corrected chi connectivity index (χ1v) is 7.56. The number of hydrogen-bond acceptors (Lipinski definition) is 3. The van der Waals surface area contributed by atoms with Crippen LogP contribution in [0.15, 0.2) is 42.6 Å². The fraction of sp³-hybridized carbons (Fsp3) is 0.389. The van der Waals surface area contributed by atoms with Crippen molar-refractivity contribution in [3.63, 3.8) is 0 Å². The van der Waals surface area contributed by atoms with Gasteiger partial charge in [0.15, 0.2) is 0 Å². The molecule has 0 amide bonds. The minimum absolute atomic E-state index is 0.351. The van der Waals surface area contributed by atoms with Crippen LogP contribution in [0.25, 0.3) is 0 Å². The van der Waals surface area contributed by atoms with E-state index in [-0.39, 0.29) is 0 Å². The van der Waals surface area contributed by atoms with Crippen molar-refractivity contribution in [2.45, 2.75) is 33.4 Å². The standard InChI is InChI=1S/C18H25N3/c1-5-19-15(3)17-9-10-20-18(12-17)21(4)13-16-8-6-7-14(2)11-16/h6-12,15,19H,5,13H2,1-4H3. The molecule has 0 radical (unpaired) electrons. The van der Waals surface area contributed by atoms with Crippen LogP contribution in [-0.2, 0) is 6.54 Å². The largest absolute Gasteiger partial charge is 0.355 e. The molecule has 3 heteroatoms. The first-order chi connectivity index (χ1) is 10.1. The van der Waals surface area contributed by atoms with Crippen molar-refractivity contribution < 1.29 is 0 Å². The van der Waals surface area contributed by atoms with Crippen molar-refractivity contribution in [1.29, 1.82) is 0 Å². The molecule has 2 rings (SSSR count). The lowest BCUT2D eigenvalue weighted by Crippen LogP contribution is -2.20. The second-order valence-electron chi connectivity index (χ2n) is 5.57. The average Bonchev–Trinajstić information content (AvgIpc) is 2.47. The van der Waals surface area contributed by atoms with Gasteiger partial charge in [-0.15, -0.1) is 0 Å². The minimum Gasteiger partial charge on any atom is -0.355 e. The maximum absolute atomic E-state index is 4.50. The van der Waals surface area contributed by atoms with Crippen molar-refractivity contribution in [3.8, 4) is 0 Å². The summed E-state index contributed by atoms with van der Waals surface area (Å²) in [5.41, 5.74) is 3.88. The van der Waals surface area contributed by atoms with Crippen LogP contribution in [-0.4, -0.2) is 18.6 Å². The molecular formula is C18H25N3. The Morgan fingerprint density at radius 1 is 1.24 bits per heavy atom. The van der Waals surface area contributed by atoms with E-state index in [9.17, 15) is 0 Å². The van der Waals surface area contributed by atoms with Crippen LogP contribution in [0.4, 0.5) is 5.82 Å². The number of benzene rings is 1. The predicted molar refractivity (Wildman–Crippen MR) is 89.6 cm³/mol. The van der Waals surface area contributed by atoms with Crippen molar-refractivity contribution in [2.75, 3.05) is 18.5 Å². The van der Waals surface area contributed by atoms with Crippen LogP contribution in [0.3, 0.4) is 0 Å². The van der Waals surface area contributed by atoms with E-state index in [4.69, 9.17) is 0 Å². The lowest BCUT2D eigenvalue weighted by atomic mass is 10.1. The second kappa shape index (κ2) is 7.23. The van der Waals surface area contributed by atoms with Gasteiger partial charge in [0.2, 0.25) is 0 Å². The van der Waals surface area contributed by atoms with Gasteiger partial charge in [0.25, 0.3) is 0 Å². The van der Waals surface area contributed by atoms with E-state index in [1.54, 1.807) is 0 Å². The monoisotopic (exact) mass is 283 g/mol. The normalized spacial score (nSPS) is 12.2. The van der Waals surface area contributed by atoms with Gasteiger partial charge in [-0.05, 0) is 43.7 Å². The van der Waals surface area contributed by atoms with Gasteiger partial charge in [-0.1, -0.05) is 36.8 Å². The molecule has 1 aromatic heterocycles. The maximum atomic E-state index is 4.50. The summed E-state index contributed by atoms with van der Waals surface area (Å²) < 4.78 is 0. The fourth-order valence-electron chi connectivity index (χ4n) is 2.50.